The van der Waals surface area contributed by atoms with Crippen molar-refractivity contribution < 1.29 is 14.6 Å². The molecule has 0 aromatic heterocycles. The summed E-state index contributed by atoms with van der Waals surface area (Å²) in [6, 6.07) is 12.8. The van der Waals surface area contributed by atoms with Crippen LogP contribution in [0.1, 0.15) is 35.2 Å². The molecule has 0 spiro atoms. The molecule has 1 atom stereocenters. The summed E-state index contributed by atoms with van der Waals surface area (Å²) in [5.41, 5.74) is 1.20. The monoisotopic (exact) mass is 407 g/mol. The number of carbonyl (C=O) groups excluding carboxylic acids is 1. The first-order valence-electron chi connectivity index (χ1n) is 8.99. The molecule has 1 aliphatic heterocycles. The maximum atomic E-state index is 13.2. The molecular formula is C21H23Cl2NO3. The number of aliphatic hydroxyl groups is 1. The zero-order chi connectivity index (χ0) is 19.4. The minimum atomic E-state index is -0.348. The third-order valence-electron chi connectivity index (χ3n) is 5.32. The van der Waals surface area contributed by atoms with Crippen molar-refractivity contribution in [1.29, 1.82) is 0 Å². The molecule has 1 saturated heterocycles. The quantitative estimate of drug-likeness (QED) is 0.789. The Morgan fingerprint density at radius 2 is 2.00 bits per heavy atom. The Kier molecular flexibility index (Phi) is 6.30. The number of hydrogen-bond acceptors (Lipinski definition) is 3. The number of piperidine rings is 1. The fraction of sp³-hybridized carbons (Fsp3) is 0.381. The van der Waals surface area contributed by atoms with Crippen LogP contribution in [0.3, 0.4) is 0 Å². The van der Waals surface area contributed by atoms with Gasteiger partial charge >= 0.3 is 0 Å². The molecule has 0 bridgehead atoms. The predicted octanol–water partition coefficient (Wildman–Crippen LogP) is 4.56. The average molecular weight is 408 g/mol. The highest BCUT2D eigenvalue weighted by molar-refractivity contribution is 6.42. The van der Waals surface area contributed by atoms with Crippen LogP contribution < -0.4 is 4.74 Å². The fourth-order valence-corrected chi connectivity index (χ4v) is 4.22. The van der Waals surface area contributed by atoms with Gasteiger partial charge in [-0.05, 0) is 49.1 Å². The Morgan fingerprint density at radius 3 is 2.70 bits per heavy atom. The first kappa shape index (κ1) is 20.0. The van der Waals surface area contributed by atoms with E-state index in [0.717, 1.165) is 18.4 Å². The largest absolute Gasteiger partial charge is 0.496 e. The van der Waals surface area contributed by atoms with Crippen LogP contribution in [0.5, 0.6) is 5.75 Å². The lowest BCUT2D eigenvalue weighted by Crippen LogP contribution is -2.49. The number of benzene rings is 2. The van der Waals surface area contributed by atoms with Crippen molar-refractivity contribution in [3.05, 3.63) is 63.6 Å². The number of para-hydroxylation sites is 1. The van der Waals surface area contributed by atoms with Gasteiger partial charge in [-0.1, -0.05) is 41.4 Å². The van der Waals surface area contributed by atoms with Gasteiger partial charge in [0.1, 0.15) is 5.75 Å². The summed E-state index contributed by atoms with van der Waals surface area (Å²) >= 11 is 12.3. The van der Waals surface area contributed by atoms with Crippen molar-refractivity contribution in [1.82, 2.24) is 4.90 Å². The number of hydrogen-bond donors (Lipinski definition) is 1. The lowest BCUT2D eigenvalue weighted by atomic mass is 9.71. The third kappa shape index (κ3) is 4.08. The van der Waals surface area contributed by atoms with E-state index in [2.05, 4.69) is 0 Å². The van der Waals surface area contributed by atoms with Crippen molar-refractivity contribution in [2.45, 2.75) is 24.7 Å². The molecule has 4 nitrogen and oxygen atoms in total. The molecule has 0 aliphatic carbocycles. The van der Waals surface area contributed by atoms with E-state index >= 15 is 0 Å². The Hall–Kier alpha value is -1.75. The number of nitrogens with zero attached hydrogens (tertiary/aromatic N) is 1. The standard InChI is InChI=1S/C21H23Cl2NO3/c1-27-19-6-3-2-5-16(19)20(26)24-11-4-9-21(14-24,10-12-25)15-7-8-17(22)18(23)13-15/h2-3,5-8,13,25H,4,9-12,14H2,1H3. The number of ether oxygens (including phenoxy) is 1. The van der Waals surface area contributed by atoms with Crippen LogP contribution in [0.4, 0.5) is 0 Å². The SMILES string of the molecule is COc1ccccc1C(=O)N1CCCC(CCO)(c2ccc(Cl)c(Cl)c2)C1. The van der Waals surface area contributed by atoms with Gasteiger partial charge in [-0.3, -0.25) is 4.79 Å². The van der Waals surface area contributed by atoms with Gasteiger partial charge in [0.05, 0.1) is 22.7 Å². The van der Waals surface area contributed by atoms with Crippen LogP contribution in [-0.2, 0) is 5.41 Å². The van der Waals surface area contributed by atoms with Crippen LogP contribution in [0.25, 0.3) is 0 Å². The maximum Gasteiger partial charge on any atom is 0.257 e. The fourth-order valence-electron chi connectivity index (χ4n) is 3.92. The highest BCUT2D eigenvalue weighted by Crippen LogP contribution is 2.40. The summed E-state index contributed by atoms with van der Waals surface area (Å²) in [7, 11) is 1.56. The number of carbonyl (C=O) groups is 1. The molecule has 2 aromatic rings. The number of halogens is 2. The number of rotatable bonds is 5. The van der Waals surface area contributed by atoms with E-state index in [0.29, 0.717) is 40.9 Å². The highest BCUT2D eigenvalue weighted by atomic mass is 35.5. The third-order valence-corrected chi connectivity index (χ3v) is 6.06. The average Bonchev–Trinajstić information content (AvgIpc) is 2.69. The highest BCUT2D eigenvalue weighted by Gasteiger charge is 2.39. The van der Waals surface area contributed by atoms with E-state index in [-0.39, 0.29) is 17.9 Å². The molecule has 2 aromatic carbocycles. The van der Waals surface area contributed by atoms with Gasteiger partial charge < -0.3 is 14.7 Å². The van der Waals surface area contributed by atoms with Crippen LogP contribution in [-0.4, -0.2) is 42.7 Å². The minimum Gasteiger partial charge on any atom is -0.496 e. The van der Waals surface area contributed by atoms with Crippen LogP contribution in [0, 0.1) is 0 Å². The molecule has 0 radical (unpaired) electrons. The summed E-state index contributed by atoms with van der Waals surface area (Å²) in [5, 5.41) is 10.7. The lowest BCUT2D eigenvalue weighted by Gasteiger charge is -2.43. The molecule has 1 heterocycles. The van der Waals surface area contributed by atoms with E-state index in [4.69, 9.17) is 27.9 Å². The number of aliphatic hydroxyl groups excluding tert-OH is 1. The number of likely N-dealkylation sites (tertiary alicyclic amines) is 1. The summed E-state index contributed by atoms with van der Waals surface area (Å²) in [4.78, 5) is 15.0. The summed E-state index contributed by atoms with van der Waals surface area (Å²) in [6.45, 7) is 1.23. The summed E-state index contributed by atoms with van der Waals surface area (Å²) in [5.74, 6) is 0.505. The van der Waals surface area contributed by atoms with E-state index < -0.39 is 0 Å². The smallest absolute Gasteiger partial charge is 0.257 e. The topological polar surface area (TPSA) is 49.8 Å². The molecule has 0 saturated carbocycles. The van der Waals surface area contributed by atoms with Gasteiger partial charge in [-0.25, -0.2) is 0 Å². The normalized spacial score (nSPS) is 19.8. The summed E-state index contributed by atoms with van der Waals surface area (Å²) in [6.07, 6.45) is 2.28. The van der Waals surface area contributed by atoms with Crippen molar-refractivity contribution in [3.8, 4) is 5.75 Å². The molecule has 3 rings (SSSR count). The first-order valence-corrected chi connectivity index (χ1v) is 9.75. The zero-order valence-corrected chi connectivity index (χ0v) is 16.8. The van der Waals surface area contributed by atoms with Gasteiger partial charge in [-0.15, -0.1) is 0 Å². The molecule has 27 heavy (non-hydrogen) atoms. The lowest BCUT2D eigenvalue weighted by molar-refractivity contribution is 0.0599. The summed E-state index contributed by atoms with van der Waals surface area (Å²) < 4.78 is 5.35. The second-order valence-corrected chi connectivity index (χ2v) is 7.73. The second kappa shape index (κ2) is 8.51. The van der Waals surface area contributed by atoms with Gasteiger partial charge in [-0.2, -0.15) is 0 Å². The molecule has 1 fully saturated rings. The van der Waals surface area contributed by atoms with Crippen molar-refractivity contribution >= 4 is 29.1 Å². The first-order chi connectivity index (χ1) is 13.0. The Labute approximate surface area is 169 Å². The molecule has 1 amide bonds. The van der Waals surface area contributed by atoms with Gasteiger partial charge in [0, 0.05) is 25.1 Å². The Bertz CT molecular complexity index is 823. The van der Waals surface area contributed by atoms with E-state index in [1.54, 1.807) is 25.3 Å². The van der Waals surface area contributed by atoms with Gasteiger partial charge in [0.25, 0.3) is 5.91 Å². The van der Waals surface area contributed by atoms with Crippen molar-refractivity contribution in [2.24, 2.45) is 0 Å². The second-order valence-electron chi connectivity index (χ2n) is 6.91. The van der Waals surface area contributed by atoms with Crippen LogP contribution >= 0.6 is 23.2 Å². The Morgan fingerprint density at radius 1 is 1.22 bits per heavy atom. The molecular weight excluding hydrogens is 385 g/mol. The van der Waals surface area contributed by atoms with E-state index in [9.17, 15) is 9.90 Å². The predicted molar refractivity (Wildman–Crippen MR) is 108 cm³/mol. The van der Waals surface area contributed by atoms with Gasteiger partial charge in [0.2, 0.25) is 0 Å². The number of methoxy groups -OCH3 is 1. The van der Waals surface area contributed by atoms with Gasteiger partial charge in [0.15, 0.2) is 0 Å². The molecule has 1 aliphatic rings. The van der Waals surface area contributed by atoms with Crippen molar-refractivity contribution in [3.63, 3.8) is 0 Å². The maximum absolute atomic E-state index is 13.2. The zero-order valence-electron chi connectivity index (χ0n) is 15.3. The Balaban J connectivity index is 1.93. The van der Waals surface area contributed by atoms with Crippen LogP contribution in [0.2, 0.25) is 10.0 Å². The minimum absolute atomic E-state index is 0.0386. The van der Waals surface area contributed by atoms with Crippen LogP contribution in [0.15, 0.2) is 42.5 Å². The molecule has 6 heteroatoms. The van der Waals surface area contributed by atoms with Crippen molar-refractivity contribution in [2.75, 3.05) is 26.8 Å². The number of amides is 1. The molecule has 1 N–H and O–H groups in total. The van der Waals surface area contributed by atoms with E-state index in [1.165, 1.54) is 0 Å². The molecule has 1 unspecified atom stereocenters. The van der Waals surface area contributed by atoms with E-state index in [1.807, 2.05) is 29.2 Å². The molecule has 144 valence electrons.